The summed E-state index contributed by atoms with van der Waals surface area (Å²) < 4.78 is 0. The maximum Gasteiger partial charge on any atom is 0.335 e. The summed E-state index contributed by atoms with van der Waals surface area (Å²) in [7, 11) is 0. The van der Waals surface area contributed by atoms with Crippen molar-refractivity contribution in [3.8, 4) is 0 Å². The van der Waals surface area contributed by atoms with Crippen LogP contribution in [-0.4, -0.2) is 27.1 Å². The number of hydrogen-bond acceptors (Lipinski definition) is 4. The van der Waals surface area contributed by atoms with Crippen LogP contribution in [0, 0.1) is 6.92 Å². The van der Waals surface area contributed by atoms with Crippen molar-refractivity contribution in [3.05, 3.63) is 58.3 Å². The lowest BCUT2D eigenvalue weighted by Crippen LogP contribution is -2.19. The van der Waals surface area contributed by atoms with E-state index in [0.717, 1.165) is 11.3 Å². The highest BCUT2D eigenvalue weighted by atomic mass is 32.2. The summed E-state index contributed by atoms with van der Waals surface area (Å²) in [6, 6.07) is 8.42. The number of amidine groups is 1. The second-order valence-electron chi connectivity index (χ2n) is 4.91. The molecule has 1 aliphatic rings. The van der Waals surface area contributed by atoms with Crippen LogP contribution in [0.25, 0.3) is 6.08 Å². The number of thioether (sulfide) groups is 1. The average molecular weight is 327 g/mol. The zero-order chi connectivity index (χ0) is 16.4. The first kappa shape index (κ1) is 15.1. The number of aromatic nitrogens is 1. The summed E-state index contributed by atoms with van der Waals surface area (Å²) in [6.45, 7) is 1.84. The van der Waals surface area contributed by atoms with Crippen LogP contribution in [-0.2, 0) is 4.79 Å². The van der Waals surface area contributed by atoms with Crippen molar-refractivity contribution in [2.75, 3.05) is 0 Å². The summed E-state index contributed by atoms with van der Waals surface area (Å²) >= 11 is 1.22. The first-order valence-electron chi connectivity index (χ1n) is 6.80. The highest BCUT2D eigenvalue weighted by Gasteiger charge is 2.24. The quantitative estimate of drug-likeness (QED) is 0.755. The Hall–Kier alpha value is -2.80. The predicted octanol–water partition coefficient (Wildman–Crippen LogP) is 2.91. The molecule has 1 aromatic carbocycles. The topological polar surface area (TPSA) is 94.5 Å². The second-order valence-corrected chi connectivity index (χ2v) is 5.94. The Balaban J connectivity index is 1.89. The van der Waals surface area contributed by atoms with Gasteiger partial charge in [0.1, 0.15) is 0 Å². The van der Waals surface area contributed by atoms with E-state index in [9.17, 15) is 9.59 Å². The van der Waals surface area contributed by atoms with Crippen molar-refractivity contribution in [1.29, 1.82) is 0 Å². The smallest absolute Gasteiger partial charge is 0.335 e. The predicted molar refractivity (Wildman–Crippen MR) is 89.7 cm³/mol. The third kappa shape index (κ3) is 3.35. The molecule has 1 saturated heterocycles. The van der Waals surface area contributed by atoms with Crippen molar-refractivity contribution >= 4 is 40.6 Å². The molecule has 7 heteroatoms. The first-order chi connectivity index (χ1) is 11.0. The Labute approximate surface area is 136 Å². The largest absolute Gasteiger partial charge is 0.478 e. The number of carboxylic acid groups (broad SMARTS) is 1. The molecule has 3 N–H and O–H groups in total. The van der Waals surface area contributed by atoms with E-state index in [-0.39, 0.29) is 11.5 Å². The summed E-state index contributed by atoms with van der Waals surface area (Å²) in [4.78, 5) is 30.9. The van der Waals surface area contributed by atoms with Gasteiger partial charge in [-0.3, -0.25) is 4.79 Å². The number of nitrogens with zero attached hydrogens (tertiary/aromatic N) is 1. The molecule has 0 aliphatic carbocycles. The average Bonchev–Trinajstić information content (AvgIpc) is 3.12. The molecule has 2 heterocycles. The van der Waals surface area contributed by atoms with Crippen LogP contribution < -0.4 is 5.32 Å². The minimum absolute atomic E-state index is 0.159. The number of aromatic amines is 1. The Morgan fingerprint density at radius 1 is 1.35 bits per heavy atom. The molecular weight excluding hydrogens is 314 g/mol. The van der Waals surface area contributed by atoms with E-state index >= 15 is 0 Å². The third-order valence-corrected chi connectivity index (χ3v) is 4.15. The molecule has 0 spiro atoms. The molecule has 3 rings (SSSR count). The molecule has 0 atom stereocenters. The fourth-order valence-corrected chi connectivity index (χ4v) is 2.85. The Kier molecular flexibility index (Phi) is 4.03. The van der Waals surface area contributed by atoms with E-state index in [2.05, 4.69) is 15.3 Å². The van der Waals surface area contributed by atoms with Crippen LogP contribution in [0.2, 0.25) is 0 Å². The lowest BCUT2D eigenvalue weighted by atomic mass is 10.1. The van der Waals surface area contributed by atoms with Gasteiger partial charge in [0.15, 0.2) is 5.17 Å². The number of rotatable bonds is 3. The van der Waals surface area contributed by atoms with Gasteiger partial charge in [0.25, 0.3) is 5.91 Å². The Morgan fingerprint density at radius 3 is 2.87 bits per heavy atom. The van der Waals surface area contributed by atoms with Gasteiger partial charge in [-0.2, -0.15) is 0 Å². The Morgan fingerprint density at radius 2 is 2.17 bits per heavy atom. The number of nitrogens with one attached hydrogen (secondary N) is 2. The minimum atomic E-state index is -1.01. The van der Waals surface area contributed by atoms with Crippen LogP contribution in [0.5, 0.6) is 0 Å². The van der Waals surface area contributed by atoms with Crippen LogP contribution in [0.1, 0.15) is 21.6 Å². The fraction of sp³-hybridized carbons (Fsp3) is 0.0625. The number of hydrogen-bond donors (Lipinski definition) is 3. The second kappa shape index (κ2) is 6.13. The summed E-state index contributed by atoms with van der Waals surface area (Å²) in [5, 5.41) is 12.2. The van der Waals surface area contributed by atoms with E-state index in [0.29, 0.717) is 15.8 Å². The molecule has 1 amide bonds. The molecule has 1 aromatic heterocycles. The van der Waals surface area contributed by atoms with Gasteiger partial charge < -0.3 is 15.4 Å². The molecule has 0 saturated carbocycles. The molecule has 116 valence electrons. The van der Waals surface area contributed by atoms with Crippen molar-refractivity contribution in [3.63, 3.8) is 0 Å². The lowest BCUT2D eigenvalue weighted by molar-refractivity contribution is -0.115. The molecule has 1 aliphatic heterocycles. The molecule has 23 heavy (non-hydrogen) atoms. The van der Waals surface area contributed by atoms with Crippen molar-refractivity contribution in [2.24, 2.45) is 4.99 Å². The molecule has 0 bridgehead atoms. The molecule has 6 nitrogen and oxygen atoms in total. The number of carbonyl (C=O) groups is 2. The highest BCUT2D eigenvalue weighted by Crippen LogP contribution is 2.29. The van der Waals surface area contributed by atoms with Crippen LogP contribution in [0.15, 0.2) is 46.4 Å². The van der Waals surface area contributed by atoms with Gasteiger partial charge in [-0.25, -0.2) is 9.79 Å². The van der Waals surface area contributed by atoms with Gasteiger partial charge in [0.2, 0.25) is 0 Å². The van der Waals surface area contributed by atoms with Crippen molar-refractivity contribution in [1.82, 2.24) is 10.3 Å². The van der Waals surface area contributed by atoms with Gasteiger partial charge in [0, 0.05) is 11.9 Å². The third-order valence-electron chi connectivity index (χ3n) is 3.24. The zero-order valence-corrected chi connectivity index (χ0v) is 13.0. The van der Waals surface area contributed by atoms with Crippen molar-refractivity contribution < 1.29 is 14.7 Å². The molecule has 1 fully saturated rings. The van der Waals surface area contributed by atoms with E-state index in [4.69, 9.17) is 5.11 Å². The number of carbonyl (C=O) groups excluding carboxylic acids is 1. The SMILES string of the molecule is Cc1ccc(C(=O)O)cc1N=C1NC(=O)C(=Cc2ccc[nH]2)S1. The van der Waals surface area contributed by atoms with Gasteiger partial charge in [-0.15, -0.1) is 0 Å². The van der Waals surface area contributed by atoms with Gasteiger partial charge in [-0.05, 0) is 54.6 Å². The summed E-state index contributed by atoms with van der Waals surface area (Å²) in [5.74, 6) is -1.24. The van der Waals surface area contributed by atoms with Crippen LogP contribution >= 0.6 is 11.8 Å². The van der Waals surface area contributed by atoms with E-state index < -0.39 is 5.97 Å². The van der Waals surface area contributed by atoms with Crippen LogP contribution in [0.4, 0.5) is 5.69 Å². The molecular formula is C16H13N3O3S. The van der Waals surface area contributed by atoms with E-state index in [1.54, 1.807) is 18.3 Å². The van der Waals surface area contributed by atoms with E-state index in [1.807, 2.05) is 19.1 Å². The first-order valence-corrected chi connectivity index (χ1v) is 7.61. The number of benzene rings is 1. The fourth-order valence-electron chi connectivity index (χ4n) is 2.03. The number of aliphatic imine (C=N–C) groups is 1. The standard InChI is InChI=1S/C16H13N3O3S/c1-9-4-5-10(15(21)22)7-12(9)18-16-19-14(20)13(23-16)8-11-3-2-6-17-11/h2-8,17H,1H3,(H,21,22)(H,18,19,20). The maximum absolute atomic E-state index is 12.0. The molecule has 2 aromatic rings. The maximum atomic E-state index is 12.0. The number of amides is 1. The highest BCUT2D eigenvalue weighted by molar-refractivity contribution is 8.18. The number of aryl methyl sites for hydroxylation is 1. The monoisotopic (exact) mass is 327 g/mol. The van der Waals surface area contributed by atoms with Crippen LogP contribution in [0.3, 0.4) is 0 Å². The number of H-pyrrole nitrogens is 1. The number of carboxylic acids is 1. The van der Waals surface area contributed by atoms with Gasteiger partial charge in [-0.1, -0.05) is 6.07 Å². The number of aromatic carboxylic acids is 1. The minimum Gasteiger partial charge on any atom is -0.478 e. The summed E-state index contributed by atoms with van der Waals surface area (Å²) in [6.07, 6.45) is 3.52. The normalized spacial score (nSPS) is 17.7. The Bertz CT molecular complexity index is 838. The molecule has 0 radical (unpaired) electrons. The molecule has 0 unspecified atom stereocenters. The zero-order valence-electron chi connectivity index (χ0n) is 12.2. The summed E-state index contributed by atoms with van der Waals surface area (Å²) in [5.41, 5.74) is 2.34. The van der Waals surface area contributed by atoms with Gasteiger partial charge in [0.05, 0.1) is 16.2 Å². The lowest BCUT2D eigenvalue weighted by Gasteiger charge is -2.03. The van der Waals surface area contributed by atoms with Gasteiger partial charge >= 0.3 is 5.97 Å². The van der Waals surface area contributed by atoms with Crippen molar-refractivity contribution in [2.45, 2.75) is 6.92 Å². The van der Waals surface area contributed by atoms with E-state index in [1.165, 1.54) is 23.9 Å².